The Hall–Kier alpha value is -2.38. The Morgan fingerprint density at radius 3 is 2.15 bits per heavy atom. The largest absolute Gasteiger partial charge is 0.497 e. The van der Waals surface area contributed by atoms with Crippen molar-refractivity contribution in [3.8, 4) is 5.75 Å². The van der Waals surface area contributed by atoms with Gasteiger partial charge in [0.15, 0.2) is 9.84 Å². The molecule has 0 radical (unpaired) electrons. The number of carboxylic acid groups (broad SMARTS) is 1. The summed E-state index contributed by atoms with van der Waals surface area (Å²) in [5.74, 6) is -1.26. The van der Waals surface area contributed by atoms with Gasteiger partial charge in [-0.15, -0.1) is 0 Å². The summed E-state index contributed by atoms with van der Waals surface area (Å²) in [6.07, 6.45) is 0. The summed E-state index contributed by atoms with van der Waals surface area (Å²) in [6, 6.07) is 13.3. The van der Waals surface area contributed by atoms with Crippen LogP contribution in [0.15, 0.2) is 53.4 Å². The van der Waals surface area contributed by atoms with Crippen molar-refractivity contribution in [2.24, 2.45) is 5.41 Å². The van der Waals surface area contributed by atoms with Gasteiger partial charge in [0.05, 0.1) is 23.9 Å². The number of rotatable bonds is 7. The topological polar surface area (TPSA) is 89.9 Å². The number of ether oxygens (including phenoxy) is 2. The van der Waals surface area contributed by atoms with E-state index in [4.69, 9.17) is 9.47 Å². The van der Waals surface area contributed by atoms with Crippen molar-refractivity contribution in [2.45, 2.75) is 23.0 Å². The number of methoxy groups -OCH3 is 2. The summed E-state index contributed by atoms with van der Waals surface area (Å²) < 4.78 is 36.8. The average molecular weight is 390 g/mol. The molecule has 1 aliphatic rings. The van der Waals surface area contributed by atoms with E-state index in [1.54, 1.807) is 36.4 Å². The van der Waals surface area contributed by atoms with Crippen LogP contribution in [0.1, 0.15) is 17.0 Å². The summed E-state index contributed by atoms with van der Waals surface area (Å²) in [5.41, 5.74) is 0.0429. The molecule has 6 nitrogen and oxygen atoms in total. The van der Waals surface area contributed by atoms with E-state index in [9.17, 15) is 18.3 Å². The SMILES string of the molecule is COC[C@@]1(C(=O)O)[C@H](c2ccc(OC)cc2)[C@@H]1S(=O)(=O)c1ccc(C)cc1. The van der Waals surface area contributed by atoms with Crippen LogP contribution in [0.5, 0.6) is 5.75 Å². The minimum atomic E-state index is -3.86. The van der Waals surface area contributed by atoms with Crippen LogP contribution in [-0.2, 0) is 19.4 Å². The minimum absolute atomic E-state index is 0.121. The molecule has 1 saturated carbocycles. The standard InChI is InChI=1S/C20H22O6S/c1-13-4-10-16(11-5-13)27(23,24)18-17(20(18,12-25-2)19(21)22)14-6-8-15(26-3)9-7-14/h4-11,17-18H,12H2,1-3H3,(H,21,22)/t17-,18+,20-/m1/s1. The maximum absolute atomic E-state index is 13.3. The monoisotopic (exact) mass is 390 g/mol. The Morgan fingerprint density at radius 2 is 1.67 bits per heavy atom. The molecule has 1 fully saturated rings. The molecule has 2 aromatic rings. The third-order valence-electron chi connectivity index (χ3n) is 5.20. The quantitative estimate of drug-likeness (QED) is 0.782. The molecule has 0 amide bonds. The lowest BCUT2D eigenvalue weighted by Gasteiger charge is -2.12. The fourth-order valence-corrected chi connectivity index (χ4v) is 6.10. The smallest absolute Gasteiger partial charge is 0.314 e. The van der Waals surface area contributed by atoms with Crippen molar-refractivity contribution in [2.75, 3.05) is 20.8 Å². The van der Waals surface area contributed by atoms with E-state index in [0.717, 1.165) is 5.56 Å². The molecule has 0 bridgehead atoms. The van der Waals surface area contributed by atoms with Gasteiger partial charge in [0.2, 0.25) is 0 Å². The van der Waals surface area contributed by atoms with E-state index >= 15 is 0 Å². The zero-order chi connectivity index (χ0) is 19.8. The van der Waals surface area contributed by atoms with Crippen LogP contribution >= 0.6 is 0 Å². The summed E-state index contributed by atoms with van der Waals surface area (Å²) in [5, 5.41) is 8.82. The molecule has 2 aromatic carbocycles. The first kappa shape index (κ1) is 19.4. The van der Waals surface area contributed by atoms with Crippen molar-refractivity contribution in [3.63, 3.8) is 0 Å². The van der Waals surface area contributed by atoms with E-state index in [1.807, 2.05) is 6.92 Å². The molecular formula is C20H22O6S. The maximum Gasteiger partial charge on any atom is 0.314 e. The van der Waals surface area contributed by atoms with Crippen molar-refractivity contribution in [3.05, 3.63) is 59.7 Å². The predicted molar refractivity (Wildman–Crippen MR) is 99.8 cm³/mol. The van der Waals surface area contributed by atoms with Crippen LogP contribution in [0.3, 0.4) is 0 Å². The molecule has 7 heteroatoms. The first-order chi connectivity index (χ1) is 12.8. The fraction of sp³-hybridized carbons (Fsp3) is 0.350. The van der Waals surface area contributed by atoms with Gasteiger partial charge in [-0.05, 0) is 36.8 Å². The van der Waals surface area contributed by atoms with Gasteiger partial charge in [-0.25, -0.2) is 8.42 Å². The second kappa shape index (κ2) is 6.98. The summed E-state index contributed by atoms with van der Waals surface area (Å²) >= 11 is 0. The lowest BCUT2D eigenvalue weighted by atomic mass is 10.00. The molecule has 3 atom stereocenters. The highest BCUT2D eigenvalue weighted by Crippen LogP contribution is 2.64. The number of sulfone groups is 1. The van der Waals surface area contributed by atoms with Crippen molar-refractivity contribution in [1.82, 2.24) is 0 Å². The van der Waals surface area contributed by atoms with E-state index < -0.39 is 32.4 Å². The van der Waals surface area contributed by atoms with Gasteiger partial charge < -0.3 is 14.6 Å². The van der Waals surface area contributed by atoms with E-state index in [1.165, 1.54) is 26.4 Å². The molecule has 0 heterocycles. The number of carbonyl (C=O) groups is 1. The number of hydrogen-bond donors (Lipinski definition) is 1. The van der Waals surface area contributed by atoms with Gasteiger partial charge in [0.1, 0.15) is 11.2 Å². The molecule has 0 spiro atoms. The third kappa shape index (κ3) is 3.11. The van der Waals surface area contributed by atoms with E-state index in [-0.39, 0.29) is 11.5 Å². The first-order valence-corrected chi connectivity index (χ1v) is 10.0. The maximum atomic E-state index is 13.3. The molecule has 0 aliphatic heterocycles. The summed E-state index contributed by atoms with van der Waals surface area (Å²) in [7, 11) is -0.953. The molecule has 144 valence electrons. The Bertz CT molecular complexity index is 933. The number of carboxylic acids is 1. The molecular weight excluding hydrogens is 368 g/mol. The average Bonchev–Trinajstić information content (AvgIpc) is 3.33. The van der Waals surface area contributed by atoms with Gasteiger partial charge in [0.25, 0.3) is 0 Å². The number of aliphatic carboxylic acids is 1. The molecule has 1 N–H and O–H groups in total. The zero-order valence-electron chi connectivity index (χ0n) is 15.4. The van der Waals surface area contributed by atoms with Crippen LogP contribution in [0.25, 0.3) is 0 Å². The highest BCUT2D eigenvalue weighted by atomic mass is 32.2. The van der Waals surface area contributed by atoms with Crippen molar-refractivity contribution in [1.29, 1.82) is 0 Å². The second-order valence-corrected chi connectivity index (χ2v) is 8.88. The van der Waals surface area contributed by atoms with Gasteiger partial charge in [0, 0.05) is 13.0 Å². The predicted octanol–water partition coefficient (Wildman–Crippen LogP) is 2.66. The Morgan fingerprint density at radius 1 is 1.07 bits per heavy atom. The second-order valence-electron chi connectivity index (χ2n) is 6.81. The van der Waals surface area contributed by atoms with Gasteiger partial charge in [-0.1, -0.05) is 29.8 Å². The Kier molecular flexibility index (Phi) is 5.01. The van der Waals surface area contributed by atoms with Gasteiger partial charge in [-0.3, -0.25) is 4.79 Å². The zero-order valence-corrected chi connectivity index (χ0v) is 16.2. The van der Waals surface area contributed by atoms with Crippen LogP contribution in [0.2, 0.25) is 0 Å². The third-order valence-corrected chi connectivity index (χ3v) is 7.49. The molecule has 3 rings (SSSR count). The normalized spacial score (nSPS) is 24.4. The molecule has 27 heavy (non-hydrogen) atoms. The van der Waals surface area contributed by atoms with Crippen LogP contribution < -0.4 is 4.74 Å². The summed E-state index contributed by atoms with van der Waals surface area (Å²) in [4.78, 5) is 12.3. The Balaban J connectivity index is 2.09. The van der Waals surface area contributed by atoms with Crippen molar-refractivity contribution >= 4 is 15.8 Å². The Labute approximate surface area is 158 Å². The summed E-state index contributed by atoms with van der Waals surface area (Å²) in [6.45, 7) is 1.68. The first-order valence-electron chi connectivity index (χ1n) is 8.46. The molecule has 0 aromatic heterocycles. The van der Waals surface area contributed by atoms with Gasteiger partial charge >= 0.3 is 5.97 Å². The van der Waals surface area contributed by atoms with Gasteiger partial charge in [-0.2, -0.15) is 0 Å². The highest BCUT2D eigenvalue weighted by molar-refractivity contribution is 7.92. The molecule has 0 saturated heterocycles. The van der Waals surface area contributed by atoms with Crippen LogP contribution in [0.4, 0.5) is 0 Å². The number of benzene rings is 2. The van der Waals surface area contributed by atoms with Crippen LogP contribution in [0, 0.1) is 12.3 Å². The van der Waals surface area contributed by atoms with Crippen molar-refractivity contribution < 1.29 is 27.8 Å². The van der Waals surface area contributed by atoms with Crippen LogP contribution in [-0.4, -0.2) is 45.6 Å². The number of aryl methyl sites for hydroxylation is 1. The molecule has 0 unspecified atom stereocenters. The molecule has 1 aliphatic carbocycles. The lowest BCUT2D eigenvalue weighted by molar-refractivity contribution is -0.145. The van der Waals surface area contributed by atoms with E-state index in [0.29, 0.717) is 11.3 Å². The van der Waals surface area contributed by atoms with E-state index in [2.05, 4.69) is 0 Å². The lowest BCUT2D eigenvalue weighted by Crippen LogP contribution is -2.28. The number of hydrogen-bond acceptors (Lipinski definition) is 5. The highest BCUT2D eigenvalue weighted by Gasteiger charge is 2.76. The minimum Gasteiger partial charge on any atom is -0.497 e. The fourth-order valence-electron chi connectivity index (χ4n) is 3.75.